The van der Waals surface area contributed by atoms with Crippen LogP contribution in [0.5, 0.6) is 0 Å². The average molecular weight is 467 g/mol. The van der Waals surface area contributed by atoms with Gasteiger partial charge in [-0.3, -0.25) is 4.79 Å². The third-order valence-electron chi connectivity index (χ3n) is 3.40. The summed E-state index contributed by atoms with van der Waals surface area (Å²) in [4.78, 5) is 24.3. The number of thiophene rings is 1. The summed E-state index contributed by atoms with van der Waals surface area (Å²) in [5.41, 5.74) is 0.225. The van der Waals surface area contributed by atoms with Gasteiger partial charge in [0.25, 0.3) is 5.91 Å². The number of hydrogen-bond donors (Lipinski definition) is 1. The fourth-order valence-electron chi connectivity index (χ4n) is 2.17. The lowest BCUT2D eigenvalue weighted by Crippen LogP contribution is -2.20. The van der Waals surface area contributed by atoms with Gasteiger partial charge in [-0.15, -0.1) is 11.3 Å². The number of hydrogen-bond acceptors (Lipinski definition) is 4. The van der Waals surface area contributed by atoms with Crippen molar-refractivity contribution in [1.82, 2.24) is 0 Å². The molecule has 4 nitrogen and oxygen atoms in total. The third-order valence-corrected chi connectivity index (χ3v) is 6.07. The lowest BCUT2D eigenvalue weighted by atomic mass is 10.2. The summed E-state index contributed by atoms with van der Waals surface area (Å²) in [5.74, 6) is -1.87. The van der Waals surface area contributed by atoms with Gasteiger partial charge in [0, 0.05) is 10.1 Å². The lowest BCUT2D eigenvalue weighted by molar-refractivity contribution is -0.119. The minimum Gasteiger partial charge on any atom is -0.451 e. The van der Waals surface area contributed by atoms with Gasteiger partial charge in [0.2, 0.25) is 0 Å². The van der Waals surface area contributed by atoms with E-state index in [0.717, 1.165) is 11.3 Å². The SMILES string of the molecule is O=C(COC(=O)c1sc2cc(F)ccc2c1Cl)Nc1cc(Cl)c(Cl)cc1Cl. The van der Waals surface area contributed by atoms with Crippen molar-refractivity contribution in [2.45, 2.75) is 0 Å². The van der Waals surface area contributed by atoms with Gasteiger partial charge in [-0.2, -0.15) is 0 Å². The van der Waals surface area contributed by atoms with E-state index in [-0.39, 0.29) is 30.7 Å². The zero-order chi connectivity index (χ0) is 19.7. The van der Waals surface area contributed by atoms with Crippen LogP contribution in [0, 0.1) is 5.82 Å². The van der Waals surface area contributed by atoms with E-state index in [9.17, 15) is 14.0 Å². The molecule has 0 spiro atoms. The number of ether oxygens (including phenoxy) is 1. The second kappa shape index (κ2) is 8.20. The number of rotatable bonds is 4. The Labute approximate surface area is 176 Å². The first kappa shape index (κ1) is 20.2. The molecule has 0 aliphatic carbocycles. The van der Waals surface area contributed by atoms with Gasteiger partial charge in [0.1, 0.15) is 10.7 Å². The molecule has 0 bridgehead atoms. The maximum atomic E-state index is 13.3. The highest BCUT2D eigenvalue weighted by atomic mass is 35.5. The molecule has 0 saturated heterocycles. The van der Waals surface area contributed by atoms with Crippen molar-refractivity contribution in [3.63, 3.8) is 0 Å². The monoisotopic (exact) mass is 465 g/mol. The largest absolute Gasteiger partial charge is 0.451 e. The molecule has 1 heterocycles. The van der Waals surface area contributed by atoms with E-state index < -0.39 is 24.3 Å². The zero-order valence-electron chi connectivity index (χ0n) is 13.1. The van der Waals surface area contributed by atoms with Crippen molar-refractivity contribution >= 4 is 85.4 Å². The highest BCUT2D eigenvalue weighted by Crippen LogP contribution is 2.36. The van der Waals surface area contributed by atoms with Crippen molar-refractivity contribution in [2.75, 3.05) is 11.9 Å². The van der Waals surface area contributed by atoms with Gasteiger partial charge in [-0.05, 0) is 30.3 Å². The molecule has 10 heteroatoms. The van der Waals surface area contributed by atoms with E-state index in [2.05, 4.69) is 5.32 Å². The molecule has 0 fully saturated rings. The van der Waals surface area contributed by atoms with Crippen LogP contribution in [0.25, 0.3) is 10.1 Å². The Morgan fingerprint density at radius 3 is 2.48 bits per heavy atom. The summed E-state index contributed by atoms with van der Waals surface area (Å²) in [6.45, 7) is -0.575. The molecule has 0 saturated carbocycles. The van der Waals surface area contributed by atoms with Crippen LogP contribution in [-0.2, 0) is 9.53 Å². The molecule has 0 unspecified atom stereocenters. The van der Waals surface area contributed by atoms with Crippen molar-refractivity contribution in [3.05, 3.63) is 61.1 Å². The van der Waals surface area contributed by atoms with Crippen LogP contribution < -0.4 is 5.32 Å². The lowest BCUT2D eigenvalue weighted by Gasteiger charge is -2.09. The van der Waals surface area contributed by atoms with Gasteiger partial charge < -0.3 is 10.1 Å². The van der Waals surface area contributed by atoms with Crippen LogP contribution in [-0.4, -0.2) is 18.5 Å². The molecule has 27 heavy (non-hydrogen) atoms. The van der Waals surface area contributed by atoms with E-state index in [1.807, 2.05) is 0 Å². The van der Waals surface area contributed by atoms with Crippen LogP contribution in [0.2, 0.25) is 20.1 Å². The zero-order valence-corrected chi connectivity index (χ0v) is 17.0. The maximum Gasteiger partial charge on any atom is 0.350 e. The summed E-state index contributed by atoms with van der Waals surface area (Å²) < 4.78 is 18.8. The fourth-order valence-corrected chi connectivity index (χ4v) is 4.19. The highest BCUT2D eigenvalue weighted by molar-refractivity contribution is 7.21. The van der Waals surface area contributed by atoms with Gasteiger partial charge in [-0.25, -0.2) is 9.18 Å². The number of anilines is 1. The Morgan fingerprint density at radius 1 is 1.04 bits per heavy atom. The summed E-state index contributed by atoms with van der Waals surface area (Å²) in [7, 11) is 0. The van der Waals surface area contributed by atoms with Crippen molar-refractivity contribution in [3.8, 4) is 0 Å². The molecule has 1 N–H and O–H groups in total. The number of fused-ring (bicyclic) bond motifs is 1. The number of amides is 1. The summed E-state index contributed by atoms with van der Waals surface area (Å²) in [6.07, 6.45) is 0. The fraction of sp³-hybridized carbons (Fsp3) is 0.0588. The number of benzene rings is 2. The summed E-state index contributed by atoms with van der Waals surface area (Å²) in [6, 6.07) is 6.73. The Kier molecular flexibility index (Phi) is 6.13. The Balaban J connectivity index is 1.68. The predicted molar refractivity (Wildman–Crippen MR) is 107 cm³/mol. The standard InChI is InChI=1S/C17H8Cl4FNO3S/c18-9-4-11(20)12(5-10(9)19)23-14(24)6-26-17(25)16-15(21)8-2-1-7(22)3-13(8)27-16/h1-5H,6H2,(H,23,24). The first-order valence-corrected chi connectivity index (χ1v) is 9.58. The van der Waals surface area contributed by atoms with Crippen molar-refractivity contribution in [2.24, 2.45) is 0 Å². The van der Waals surface area contributed by atoms with Crippen LogP contribution in [0.3, 0.4) is 0 Å². The van der Waals surface area contributed by atoms with Gasteiger partial charge in [-0.1, -0.05) is 46.4 Å². The second-order valence-electron chi connectivity index (χ2n) is 5.26. The molecule has 3 rings (SSSR count). The van der Waals surface area contributed by atoms with Crippen molar-refractivity contribution < 1.29 is 18.7 Å². The Morgan fingerprint density at radius 2 is 1.74 bits per heavy atom. The number of nitrogens with one attached hydrogen (secondary N) is 1. The number of halogens is 5. The molecular formula is C17H8Cl4FNO3S. The highest BCUT2D eigenvalue weighted by Gasteiger charge is 2.20. The normalized spacial score (nSPS) is 10.9. The average Bonchev–Trinajstić information content (AvgIpc) is 2.93. The molecular weight excluding hydrogens is 459 g/mol. The van der Waals surface area contributed by atoms with Crippen LogP contribution in [0.15, 0.2) is 30.3 Å². The molecule has 2 aromatic carbocycles. The summed E-state index contributed by atoms with van der Waals surface area (Å²) in [5, 5.41) is 3.76. The summed E-state index contributed by atoms with van der Waals surface area (Å²) >= 11 is 24.8. The van der Waals surface area contributed by atoms with E-state index in [4.69, 9.17) is 51.1 Å². The maximum absolute atomic E-state index is 13.3. The van der Waals surface area contributed by atoms with Crippen LogP contribution in [0.1, 0.15) is 9.67 Å². The van der Waals surface area contributed by atoms with Crippen LogP contribution in [0.4, 0.5) is 10.1 Å². The minimum absolute atomic E-state index is 0.0811. The number of carbonyl (C=O) groups is 2. The van der Waals surface area contributed by atoms with E-state index in [1.54, 1.807) is 0 Å². The molecule has 0 aliphatic heterocycles. The Hall–Kier alpha value is -1.57. The van der Waals surface area contributed by atoms with Gasteiger partial charge in [0.05, 0.1) is 25.8 Å². The van der Waals surface area contributed by atoms with Crippen molar-refractivity contribution in [1.29, 1.82) is 0 Å². The predicted octanol–water partition coefficient (Wildman–Crippen LogP) is 6.45. The molecule has 3 aromatic rings. The molecule has 140 valence electrons. The molecule has 0 radical (unpaired) electrons. The molecule has 0 atom stereocenters. The van der Waals surface area contributed by atoms with Gasteiger partial charge in [0.15, 0.2) is 6.61 Å². The molecule has 1 aromatic heterocycles. The third kappa shape index (κ3) is 4.47. The first-order valence-electron chi connectivity index (χ1n) is 7.25. The first-order chi connectivity index (χ1) is 12.8. The smallest absolute Gasteiger partial charge is 0.350 e. The molecule has 0 aliphatic rings. The Bertz CT molecular complexity index is 1070. The number of esters is 1. The minimum atomic E-state index is -0.794. The van der Waals surface area contributed by atoms with E-state index in [0.29, 0.717) is 10.1 Å². The quantitative estimate of drug-likeness (QED) is 0.355. The number of carbonyl (C=O) groups excluding carboxylic acids is 2. The molecule has 1 amide bonds. The second-order valence-corrected chi connectivity index (χ2v) is 7.91. The topological polar surface area (TPSA) is 55.4 Å². The van der Waals surface area contributed by atoms with E-state index in [1.165, 1.54) is 30.3 Å². The van der Waals surface area contributed by atoms with Crippen LogP contribution >= 0.6 is 57.7 Å². The van der Waals surface area contributed by atoms with E-state index >= 15 is 0 Å². The van der Waals surface area contributed by atoms with Gasteiger partial charge >= 0.3 is 5.97 Å².